The number of ether oxygens (including phenoxy) is 1. The Morgan fingerprint density at radius 1 is 1.21 bits per heavy atom. The SMILES string of the molecule is CC/C=C1/N=C(c2ccc(C(C)(C)C)cc2)OC1=O. The highest BCUT2D eigenvalue weighted by molar-refractivity contribution is 6.11. The van der Waals surface area contributed by atoms with Crippen molar-refractivity contribution < 1.29 is 9.53 Å². The van der Waals surface area contributed by atoms with E-state index in [0.717, 1.165) is 12.0 Å². The Balaban J connectivity index is 2.27. The summed E-state index contributed by atoms with van der Waals surface area (Å²) in [7, 11) is 0. The van der Waals surface area contributed by atoms with E-state index in [9.17, 15) is 4.79 Å². The van der Waals surface area contributed by atoms with Gasteiger partial charge >= 0.3 is 5.97 Å². The molecule has 0 fully saturated rings. The van der Waals surface area contributed by atoms with Gasteiger partial charge in [-0.15, -0.1) is 0 Å². The second-order valence-corrected chi connectivity index (χ2v) is 5.63. The summed E-state index contributed by atoms with van der Waals surface area (Å²) in [6.07, 6.45) is 2.54. The van der Waals surface area contributed by atoms with Crippen molar-refractivity contribution >= 4 is 11.9 Å². The second kappa shape index (κ2) is 5.00. The zero-order valence-corrected chi connectivity index (χ0v) is 11.9. The summed E-state index contributed by atoms with van der Waals surface area (Å²) in [5, 5.41) is 0. The number of aliphatic imine (C=N–C) groups is 1. The molecule has 0 saturated heterocycles. The maximum absolute atomic E-state index is 11.6. The van der Waals surface area contributed by atoms with Crippen LogP contribution in [0.15, 0.2) is 41.0 Å². The molecule has 0 bridgehead atoms. The largest absolute Gasteiger partial charge is 0.402 e. The summed E-state index contributed by atoms with van der Waals surface area (Å²) in [4.78, 5) is 15.8. The standard InChI is InChI=1S/C16H19NO2/c1-5-6-13-15(18)19-14(17-13)11-7-9-12(10-8-11)16(2,3)4/h6-10H,5H2,1-4H3/b13-6+. The lowest BCUT2D eigenvalue weighted by Crippen LogP contribution is -2.11. The van der Waals surface area contributed by atoms with Crippen LogP contribution in [0.25, 0.3) is 0 Å². The zero-order valence-electron chi connectivity index (χ0n) is 11.9. The summed E-state index contributed by atoms with van der Waals surface area (Å²) in [6.45, 7) is 8.46. The molecule has 0 aromatic heterocycles. The average Bonchev–Trinajstić information content (AvgIpc) is 2.71. The third-order valence-electron chi connectivity index (χ3n) is 3.02. The summed E-state index contributed by atoms with van der Waals surface area (Å²) in [5.41, 5.74) is 2.59. The van der Waals surface area contributed by atoms with E-state index in [1.54, 1.807) is 6.08 Å². The minimum atomic E-state index is -0.364. The van der Waals surface area contributed by atoms with E-state index < -0.39 is 0 Å². The van der Waals surface area contributed by atoms with Gasteiger partial charge in [-0.3, -0.25) is 0 Å². The Hall–Kier alpha value is -1.90. The third kappa shape index (κ3) is 2.92. The molecule has 0 aliphatic carbocycles. The highest BCUT2D eigenvalue weighted by atomic mass is 16.6. The fourth-order valence-corrected chi connectivity index (χ4v) is 1.88. The summed E-state index contributed by atoms with van der Waals surface area (Å²) in [5.74, 6) is 0.0295. The van der Waals surface area contributed by atoms with Crippen LogP contribution in [-0.4, -0.2) is 11.9 Å². The second-order valence-electron chi connectivity index (χ2n) is 5.63. The molecule has 3 nitrogen and oxygen atoms in total. The van der Waals surface area contributed by atoms with Crippen LogP contribution in [0.1, 0.15) is 45.2 Å². The molecular formula is C16H19NO2. The molecule has 0 saturated carbocycles. The summed E-state index contributed by atoms with van der Waals surface area (Å²) >= 11 is 0. The van der Waals surface area contributed by atoms with Crippen LogP contribution in [0.4, 0.5) is 0 Å². The number of esters is 1. The van der Waals surface area contributed by atoms with Crippen molar-refractivity contribution in [2.75, 3.05) is 0 Å². The average molecular weight is 257 g/mol. The van der Waals surface area contributed by atoms with E-state index in [0.29, 0.717) is 11.6 Å². The molecule has 1 aliphatic heterocycles. The van der Waals surface area contributed by atoms with Gasteiger partial charge in [-0.1, -0.05) is 45.9 Å². The molecule has 1 aromatic rings. The van der Waals surface area contributed by atoms with Crippen molar-refractivity contribution in [1.82, 2.24) is 0 Å². The molecule has 1 heterocycles. The van der Waals surface area contributed by atoms with Crippen molar-refractivity contribution in [3.8, 4) is 0 Å². The number of carbonyl (C=O) groups is 1. The highest BCUT2D eigenvalue weighted by Gasteiger charge is 2.24. The fraction of sp³-hybridized carbons (Fsp3) is 0.375. The number of allylic oxidation sites excluding steroid dienone is 1. The van der Waals surface area contributed by atoms with Crippen LogP contribution < -0.4 is 0 Å². The Bertz CT molecular complexity index is 545. The molecule has 0 N–H and O–H groups in total. The van der Waals surface area contributed by atoms with E-state index in [4.69, 9.17) is 4.74 Å². The number of nitrogens with zero attached hydrogens (tertiary/aromatic N) is 1. The molecule has 0 atom stereocenters. The first-order valence-electron chi connectivity index (χ1n) is 6.53. The number of carbonyl (C=O) groups excluding carboxylic acids is 1. The Morgan fingerprint density at radius 3 is 2.37 bits per heavy atom. The first-order chi connectivity index (χ1) is 8.91. The minimum absolute atomic E-state index is 0.111. The van der Waals surface area contributed by atoms with Gasteiger partial charge in [0.05, 0.1) is 0 Å². The van der Waals surface area contributed by atoms with Crippen LogP contribution in [0.5, 0.6) is 0 Å². The number of cyclic esters (lactones) is 1. The Kier molecular flexibility index (Phi) is 3.56. The molecule has 1 aromatic carbocycles. The maximum Gasteiger partial charge on any atom is 0.363 e. The van der Waals surface area contributed by atoms with Gasteiger partial charge in [0, 0.05) is 5.56 Å². The number of hydrogen-bond acceptors (Lipinski definition) is 3. The molecule has 2 rings (SSSR count). The minimum Gasteiger partial charge on any atom is -0.402 e. The topological polar surface area (TPSA) is 38.7 Å². The van der Waals surface area contributed by atoms with Crippen LogP contribution in [0.2, 0.25) is 0 Å². The highest BCUT2D eigenvalue weighted by Crippen LogP contribution is 2.23. The molecule has 3 heteroatoms. The molecule has 1 aliphatic rings. The molecule has 0 amide bonds. The van der Waals surface area contributed by atoms with Crippen LogP contribution >= 0.6 is 0 Å². The Labute approximate surface area is 114 Å². The van der Waals surface area contributed by atoms with E-state index in [-0.39, 0.29) is 11.4 Å². The van der Waals surface area contributed by atoms with Crippen LogP contribution in [0, 0.1) is 0 Å². The molecule has 0 unspecified atom stereocenters. The smallest absolute Gasteiger partial charge is 0.363 e. The molecular weight excluding hydrogens is 238 g/mol. The van der Waals surface area contributed by atoms with Gasteiger partial charge in [0.25, 0.3) is 0 Å². The number of hydrogen-bond donors (Lipinski definition) is 0. The zero-order chi connectivity index (χ0) is 14.0. The van der Waals surface area contributed by atoms with Gasteiger partial charge in [0.15, 0.2) is 0 Å². The molecule has 100 valence electrons. The lowest BCUT2D eigenvalue weighted by Gasteiger charge is -2.18. The molecule has 0 spiro atoms. The summed E-state index contributed by atoms with van der Waals surface area (Å²) in [6, 6.07) is 7.99. The monoisotopic (exact) mass is 257 g/mol. The van der Waals surface area contributed by atoms with Gasteiger partial charge in [-0.2, -0.15) is 0 Å². The van der Waals surface area contributed by atoms with Crippen molar-refractivity contribution in [3.63, 3.8) is 0 Å². The van der Waals surface area contributed by atoms with Crippen molar-refractivity contribution in [2.45, 2.75) is 39.5 Å². The van der Waals surface area contributed by atoms with Gasteiger partial charge in [-0.05, 0) is 29.5 Å². The van der Waals surface area contributed by atoms with Crippen LogP contribution in [-0.2, 0) is 14.9 Å². The van der Waals surface area contributed by atoms with Gasteiger partial charge in [-0.25, -0.2) is 9.79 Å². The van der Waals surface area contributed by atoms with E-state index in [2.05, 4.69) is 25.8 Å². The fourth-order valence-electron chi connectivity index (χ4n) is 1.88. The van der Waals surface area contributed by atoms with Gasteiger partial charge < -0.3 is 4.74 Å². The van der Waals surface area contributed by atoms with E-state index in [1.807, 2.05) is 31.2 Å². The lowest BCUT2D eigenvalue weighted by molar-refractivity contribution is -0.130. The molecule has 19 heavy (non-hydrogen) atoms. The summed E-state index contributed by atoms with van der Waals surface area (Å²) < 4.78 is 5.18. The van der Waals surface area contributed by atoms with Crippen molar-refractivity contribution in [1.29, 1.82) is 0 Å². The van der Waals surface area contributed by atoms with Crippen LogP contribution in [0.3, 0.4) is 0 Å². The number of rotatable bonds is 2. The first-order valence-corrected chi connectivity index (χ1v) is 6.53. The predicted molar refractivity (Wildman–Crippen MR) is 76.1 cm³/mol. The third-order valence-corrected chi connectivity index (χ3v) is 3.02. The number of benzene rings is 1. The van der Waals surface area contributed by atoms with E-state index in [1.165, 1.54) is 5.56 Å². The lowest BCUT2D eigenvalue weighted by atomic mass is 9.87. The Morgan fingerprint density at radius 2 is 1.84 bits per heavy atom. The van der Waals surface area contributed by atoms with Gasteiger partial charge in [0.1, 0.15) is 5.70 Å². The van der Waals surface area contributed by atoms with E-state index >= 15 is 0 Å². The first kappa shape index (κ1) is 13.5. The molecule has 0 radical (unpaired) electrons. The van der Waals surface area contributed by atoms with Gasteiger partial charge in [0.2, 0.25) is 5.90 Å². The predicted octanol–water partition coefficient (Wildman–Crippen LogP) is 3.58. The quantitative estimate of drug-likeness (QED) is 0.600. The van der Waals surface area contributed by atoms with Crippen molar-refractivity contribution in [2.24, 2.45) is 4.99 Å². The normalized spacial score (nSPS) is 17.6. The van der Waals surface area contributed by atoms with Crippen molar-refractivity contribution in [3.05, 3.63) is 47.2 Å². The maximum atomic E-state index is 11.6.